The summed E-state index contributed by atoms with van der Waals surface area (Å²) in [6.07, 6.45) is 0.780. The Kier molecular flexibility index (Phi) is 6.46. The van der Waals surface area contributed by atoms with E-state index in [0.29, 0.717) is 43.0 Å². The molecule has 2 aromatic rings. The monoisotopic (exact) mass is 458 g/mol. The van der Waals surface area contributed by atoms with Gasteiger partial charge in [0.1, 0.15) is 6.10 Å². The summed E-state index contributed by atoms with van der Waals surface area (Å²) in [6, 6.07) is 13.1. The Morgan fingerprint density at radius 3 is 2.38 bits per heavy atom. The second-order valence-corrected chi connectivity index (χ2v) is 8.43. The molecule has 0 saturated carbocycles. The van der Waals surface area contributed by atoms with Crippen LogP contribution in [0.15, 0.2) is 42.5 Å². The molecule has 32 heavy (non-hydrogen) atoms. The van der Waals surface area contributed by atoms with Gasteiger partial charge in [0.2, 0.25) is 0 Å². The lowest BCUT2D eigenvalue weighted by Gasteiger charge is -2.37. The number of ether oxygens (including phenoxy) is 3. The van der Waals surface area contributed by atoms with Crippen molar-refractivity contribution in [2.24, 2.45) is 0 Å². The first kappa shape index (κ1) is 22.3. The van der Waals surface area contributed by atoms with Gasteiger partial charge in [0.05, 0.1) is 30.8 Å². The molecule has 2 aliphatic heterocycles. The van der Waals surface area contributed by atoms with Crippen LogP contribution in [0.4, 0.5) is 4.79 Å². The normalized spacial score (nSPS) is 21.4. The lowest BCUT2D eigenvalue weighted by Crippen LogP contribution is -2.49. The maximum Gasteiger partial charge on any atom is 0.411 e. The van der Waals surface area contributed by atoms with E-state index >= 15 is 0 Å². The summed E-state index contributed by atoms with van der Waals surface area (Å²) in [5, 5.41) is 0.237. The third-order valence-electron chi connectivity index (χ3n) is 6.30. The molecule has 2 amide bonds. The minimum atomic E-state index is -0.293. The SMILES string of the molecule is COc1ccc(C(=O)N2CCC(N3C(=O)OC(c4ccccc4)C3C)CC2)c(Cl)c1OC. The molecule has 0 aliphatic carbocycles. The van der Waals surface area contributed by atoms with Crippen molar-refractivity contribution in [1.29, 1.82) is 0 Å². The smallest absolute Gasteiger partial charge is 0.411 e. The maximum absolute atomic E-state index is 13.1. The van der Waals surface area contributed by atoms with Gasteiger partial charge in [-0.05, 0) is 37.5 Å². The highest BCUT2D eigenvalue weighted by Gasteiger charge is 2.44. The van der Waals surface area contributed by atoms with Crippen LogP contribution in [-0.2, 0) is 4.74 Å². The lowest BCUT2D eigenvalue weighted by atomic mass is 9.98. The third-order valence-corrected chi connectivity index (χ3v) is 6.68. The molecule has 2 fully saturated rings. The molecule has 170 valence electrons. The average Bonchev–Trinajstić information content (AvgIpc) is 3.12. The minimum Gasteiger partial charge on any atom is -0.493 e. The van der Waals surface area contributed by atoms with Gasteiger partial charge in [0.25, 0.3) is 5.91 Å². The number of carbonyl (C=O) groups excluding carboxylic acids is 2. The lowest BCUT2D eigenvalue weighted by molar-refractivity contribution is 0.0640. The van der Waals surface area contributed by atoms with E-state index in [1.165, 1.54) is 14.2 Å². The van der Waals surface area contributed by atoms with Gasteiger partial charge in [-0.2, -0.15) is 0 Å². The Labute approximate surface area is 192 Å². The van der Waals surface area contributed by atoms with E-state index in [4.69, 9.17) is 25.8 Å². The maximum atomic E-state index is 13.1. The van der Waals surface area contributed by atoms with Crippen LogP contribution in [0.3, 0.4) is 0 Å². The van der Waals surface area contributed by atoms with Crippen LogP contribution in [-0.4, -0.2) is 61.2 Å². The fourth-order valence-corrected chi connectivity index (χ4v) is 4.94. The number of likely N-dealkylation sites (tertiary alicyclic amines) is 1. The van der Waals surface area contributed by atoms with Crippen molar-refractivity contribution in [3.05, 3.63) is 58.6 Å². The summed E-state index contributed by atoms with van der Waals surface area (Å²) in [4.78, 5) is 29.4. The fraction of sp³-hybridized carbons (Fsp3) is 0.417. The third kappa shape index (κ3) is 3.97. The molecule has 2 saturated heterocycles. The molecule has 0 N–H and O–H groups in total. The second kappa shape index (κ2) is 9.28. The van der Waals surface area contributed by atoms with E-state index in [9.17, 15) is 9.59 Å². The van der Waals surface area contributed by atoms with E-state index in [2.05, 4.69) is 0 Å². The van der Waals surface area contributed by atoms with Crippen LogP contribution in [0.1, 0.15) is 41.8 Å². The van der Waals surface area contributed by atoms with Crippen LogP contribution in [0.2, 0.25) is 5.02 Å². The molecule has 2 unspecified atom stereocenters. The molecule has 2 aromatic carbocycles. The first-order valence-corrected chi connectivity index (χ1v) is 11.1. The van der Waals surface area contributed by atoms with E-state index in [0.717, 1.165) is 5.56 Å². The average molecular weight is 459 g/mol. The molecule has 2 atom stereocenters. The van der Waals surface area contributed by atoms with Gasteiger partial charge in [-0.25, -0.2) is 4.79 Å². The number of halogens is 1. The second-order valence-electron chi connectivity index (χ2n) is 8.05. The summed E-state index contributed by atoms with van der Waals surface area (Å²) in [7, 11) is 3.01. The molecule has 2 heterocycles. The van der Waals surface area contributed by atoms with Gasteiger partial charge >= 0.3 is 6.09 Å². The van der Waals surface area contributed by atoms with Crippen molar-refractivity contribution in [3.63, 3.8) is 0 Å². The molecule has 7 nitrogen and oxygen atoms in total. The molecular weight excluding hydrogens is 432 g/mol. The van der Waals surface area contributed by atoms with Crippen LogP contribution >= 0.6 is 11.6 Å². The highest BCUT2D eigenvalue weighted by molar-refractivity contribution is 6.35. The summed E-state index contributed by atoms with van der Waals surface area (Å²) in [5.41, 5.74) is 1.37. The molecule has 4 rings (SSSR count). The predicted octanol–water partition coefficient (Wildman–Crippen LogP) is 4.54. The van der Waals surface area contributed by atoms with Crippen LogP contribution in [0, 0.1) is 0 Å². The zero-order chi connectivity index (χ0) is 22.8. The van der Waals surface area contributed by atoms with Gasteiger partial charge in [-0.15, -0.1) is 0 Å². The number of carbonyl (C=O) groups is 2. The van der Waals surface area contributed by atoms with Crippen molar-refractivity contribution in [1.82, 2.24) is 9.80 Å². The number of rotatable bonds is 5. The van der Waals surface area contributed by atoms with Gasteiger partial charge in [-0.3, -0.25) is 9.69 Å². The largest absolute Gasteiger partial charge is 0.493 e. The van der Waals surface area contributed by atoms with Gasteiger partial charge in [0, 0.05) is 19.1 Å². The van der Waals surface area contributed by atoms with E-state index in [1.807, 2.05) is 42.2 Å². The standard InChI is InChI=1S/C24H27ClN2O5/c1-15-21(16-7-5-4-6-8-16)32-24(29)27(15)17-11-13-26(14-12-17)23(28)18-9-10-19(30-2)22(31-3)20(18)25/h4-10,15,17,21H,11-14H2,1-3H3. The van der Waals surface area contributed by atoms with Gasteiger partial charge < -0.3 is 19.1 Å². The van der Waals surface area contributed by atoms with Crippen LogP contribution in [0.25, 0.3) is 0 Å². The number of benzene rings is 2. The summed E-state index contributed by atoms with van der Waals surface area (Å²) >= 11 is 6.43. The Morgan fingerprint density at radius 1 is 1.06 bits per heavy atom. The summed E-state index contributed by atoms with van der Waals surface area (Å²) in [5.74, 6) is 0.659. The summed E-state index contributed by atoms with van der Waals surface area (Å²) in [6.45, 7) is 3.07. The molecule has 0 aromatic heterocycles. The number of nitrogens with zero attached hydrogens (tertiary/aromatic N) is 2. The summed E-state index contributed by atoms with van der Waals surface area (Å²) < 4.78 is 16.3. The first-order valence-electron chi connectivity index (χ1n) is 10.7. The number of piperidine rings is 1. The molecule has 0 bridgehead atoms. The fourth-order valence-electron chi connectivity index (χ4n) is 4.62. The zero-order valence-corrected chi connectivity index (χ0v) is 19.2. The number of hydrogen-bond acceptors (Lipinski definition) is 5. The van der Waals surface area contributed by atoms with Crippen molar-refractivity contribution >= 4 is 23.6 Å². The number of methoxy groups -OCH3 is 2. The first-order chi connectivity index (χ1) is 15.5. The molecule has 2 aliphatic rings. The zero-order valence-electron chi connectivity index (χ0n) is 18.4. The van der Waals surface area contributed by atoms with Gasteiger partial charge in [0.15, 0.2) is 11.5 Å². The van der Waals surface area contributed by atoms with Crippen molar-refractivity contribution in [2.45, 2.75) is 38.0 Å². The number of cyclic esters (lactones) is 1. The number of amides is 2. The topological polar surface area (TPSA) is 68.3 Å². The quantitative estimate of drug-likeness (QED) is 0.657. The highest BCUT2D eigenvalue weighted by Crippen LogP contribution is 2.39. The van der Waals surface area contributed by atoms with Crippen LogP contribution < -0.4 is 9.47 Å². The van der Waals surface area contributed by atoms with Crippen molar-refractivity contribution in [2.75, 3.05) is 27.3 Å². The predicted molar refractivity (Wildman–Crippen MR) is 120 cm³/mol. The Morgan fingerprint density at radius 2 is 1.75 bits per heavy atom. The molecule has 8 heteroatoms. The van der Waals surface area contributed by atoms with E-state index in [-0.39, 0.29) is 35.2 Å². The number of hydrogen-bond donors (Lipinski definition) is 0. The molecule has 0 radical (unpaired) electrons. The molecule has 0 spiro atoms. The van der Waals surface area contributed by atoms with Gasteiger partial charge in [-0.1, -0.05) is 41.9 Å². The van der Waals surface area contributed by atoms with Crippen molar-refractivity contribution < 1.29 is 23.8 Å². The van der Waals surface area contributed by atoms with E-state index < -0.39 is 0 Å². The Balaban J connectivity index is 1.43. The van der Waals surface area contributed by atoms with E-state index in [1.54, 1.807) is 17.0 Å². The Bertz CT molecular complexity index is 991. The Hall–Kier alpha value is -2.93. The highest BCUT2D eigenvalue weighted by atomic mass is 35.5. The van der Waals surface area contributed by atoms with Crippen LogP contribution in [0.5, 0.6) is 11.5 Å². The van der Waals surface area contributed by atoms with Crippen molar-refractivity contribution in [3.8, 4) is 11.5 Å². The minimum absolute atomic E-state index is 0.0242. The molecular formula is C24H27ClN2O5.